The van der Waals surface area contributed by atoms with Crippen LogP contribution in [0.5, 0.6) is 5.75 Å². The Labute approximate surface area is 168 Å². The SMILES string of the molecule is Cc1ccnc(NC(=O)c2ccn(COc3ccc(-c4ccccc4)cc3)n2)n1. The van der Waals surface area contributed by atoms with Crippen molar-refractivity contribution < 1.29 is 9.53 Å². The van der Waals surface area contributed by atoms with Crippen LogP contribution in [0.2, 0.25) is 0 Å². The second kappa shape index (κ2) is 8.35. The van der Waals surface area contributed by atoms with Crippen molar-refractivity contribution in [3.8, 4) is 16.9 Å². The summed E-state index contributed by atoms with van der Waals surface area (Å²) in [6, 6.07) is 21.4. The Hall–Kier alpha value is -4.00. The van der Waals surface area contributed by atoms with Crippen LogP contribution < -0.4 is 10.1 Å². The molecule has 1 amide bonds. The van der Waals surface area contributed by atoms with Gasteiger partial charge < -0.3 is 4.74 Å². The molecule has 0 saturated heterocycles. The first-order valence-corrected chi connectivity index (χ1v) is 9.10. The fourth-order valence-electron chi connectivity index (χ4n) is 2.74. The molecule has 2 aromatic carbocycles. The summed E-state index contributed by atoms with van der Waals surface area (Å²) in [5.41, 5.74) is 3.30. The number of anilines is 1. The number of nitrogens with zero attached hydrogens (tertiary/aromatic N) is 4. The number of carbonyl (C=O) groups is 1. The van der Waals surface area contributed by atoms with Crippen LogP contribution in [0.4, 0.5) is 5.95 Å². The van der Waals surface area contributed by atoms with E-state index in [9.17, 15) is 4.79 Å². The lowest BCUT2D eigenvalue weighted by molar-refractivity contribution is 0.101. The summed E-state index contributed by atoms with van der Waals surface area (Å²) in [7, 11) is 0. The van der Waals surface area contributed by atoms with Crippen molar-refractivity contribution >= 4 is 11.9 Å². The second-order valence-electron chi connectivity index (χ2n) is 6.38. The molecule has 0 aliphatic rings. The van der Waals surface area contributed by atoms with Crippen LogP contribution >= 0.6 is 0 Å². The monoisotopic (exact) mass is 385 g/mol. The van der Waals surface area contributed by atoms with E-state index in [1.165, 1.54) is 0 Å². The largest absolute Gasteiger partial charge is 0.471 e. The highest BCUT2D eigenvalue weighted by Gasteiger charge is 2.11. The highest BCUT2D eigenvalue weighted by Crippen LogP contribution is 2.22. The molecule has 4 rings (SSSR count). The molecule has 0 atom stereocenters. The number of benzene rings is 2. The summed E-state index contributed by atoms with van der Waals surface area (Å²) < 4.78 is 7.31. The normalized spacial score (nSPS) is 10.5. The first kappa shape index (κ1) is 18.4. The molecular formula is C22H19N5O2. The minimum Gasteiger partial charge on any atom is -0.471 e. The zero-order valence-electron chi connectivity index (χ0n) is 15.8. The van der Waals surface area contributed by atoms with Gasteiger partial charge in [-0.3, -0.25) is 10.1 Å². The lowest BCUT2D eigenvalue weighted by atomic mass is 10.1. The summed E-state index contributed by atoms with van der Waals surface area (Å²) in [6.07, 6.45) is 3.28. The fraction of sp³-hybridized carbons (Fsp3) is 0.0909. The molecule has 0 spiro atoms. The third-order valence-electron chi connectivity index (χ3n) is 4.22. The molecule has 0 aliphatic carbocycles. The Kier molecular flexibility index (Phi) is 5.29. The standard InChI is InChI=1S/C22H19N5O2/c1-16-11-13-23-22(24-16)25-21(28)20-12-14-27(26-20)15-29-19-9-7-18(8-10-19)17-5-3-2-4-6-17/h2-14H,15H2,1H3,(H,23,24,25,28). The molecule has 4 aromatic rings. The molecule has 0 radical (unpaired) electrons. The molecule has 2 aromatic heterocycles. The number of amides is 1. The predicted octanol–water partition coefficient (Wildman–Crippen LogP) is 3.94. The highest BCUT2D eigenvalue weighted by atomic mass is 16.5. The Bertz CT molecular complexity index is 1110. The van der Waals surface area contributed by atoms with Crippen molar-refractivity contribution in [1.82, 2.24) is 19.7 Å². The number of ether oxygens (including phenoxy) is 1. The molecule has 7 heteroatoms. The summed E-state index contributed by atoms with van der Waals surface area (Å²) >= 11 is 0. The average molecular weight is 385 g/mol. The maximum absolute atomic E-state index is 12.3. The maximum atomic E-state index is 12.3. The summed E-state index contributed by atoms with van der Waals surface area (Å²) in [5, 5.41) is 6.86. The Balaban J connectivity index is 1.35. The van der Waals surface area contributed by atoms with Gasteiger partial charge in [-0.15, -0.1) is 0 Å². The average Bonchev–Trinajstić information content (AvgIpc) is 3.23. The number of aryl methyl sites for hydroxylation is 1. The predicted molar refractivity (Wildman–Crippen MR) is 109 cm³/mol. The molecule has 2 heterocycles. The van der Waals surface area contributed by atoms with Gasteiger partial charge in [0.15, 0.2) is 12.4 Å². The molecule has 29 heavy (non-hydrogen) atoms. The van der Waals surface area contributed by atoms with Crippen LogP contribution in [0.3, 0.4) is 0 Å². The Morgan fingerprint density at radius 2 is 1.76 bits per heavy atom. The molecule has 7 nitrogen and oxygen atoms in total. The van der Waals surface area contributed by atoms with Crippen molar-refractivity contribution in [3.63, 3.8) is 0 Å². The van der Waals surface area contributed by atoms with E-state index in [1.807, 2.05) is 49.4 Å². The first-order chi connectivity index (χ1) is 14.2. The van der Waals surface area contributed by atoms with Gasteiger partial charge in [-0.05, 0) is 42.3 Å². The number of hydrogen-bond donors (Lipinski definition) is 1. The summed E-state index contributed by atoms with van der Waals surface area (Å²) in [6.45, 7) is 2.02. The van der Waals surface area contributed by atoms with Crippen LogP contribution in [0, 0.1) is 6.92 Å². The molecule has 0 aliphatic heterocycles. The fourth-order valence-corrected chi connectivity index (χ4v) is 2.74. The van der Waals surface area contributed by atoms with E-state index in [1.54, 1.807) is 29.2 Å². The zero-order valence-corrected chi connectivity index (χ0v) is 15.8. The topological polar surface area (TPSA) is 81.9 Å². The number of rotatable bonds is 6. The maximum Gasteiger partial charge on any atom is 0.278 e. The third kappa shape index (κ3) is 4.65. The van der Waals surface area contributed by atoms with Crippen molar-refractivity contribution in [1.29, 1.82) is 0 Å². The lowest BCUT2D eigenvalue weighted by Crippen LogP contribution is -2.16. The number of hydrogen-bond acceptors (Lipinski definition) is 5. The lowest BCUT2D eigenvalue weighted by Gasteiger charge is -2.07. The number of carbonyl (C=O) groups excluding carboxylic acids is 1. The van der Waals surface area contributed by atoms with Gasteiger partial charge in [0, 0.05) is 18.1 Å². The second-order valence-corrected chi connectivity index (χ2v) is 6.38. The first-order valence-electron chi connectivity index (χ1n) is 9.10. The van der Waals surface area contributed by atoms with Gasteiger partial charge in [-0.2, -0.15) is 5.10 Å². The van der Waals surface area contributed by atoms with Crippen molar-refractivity contribution in [2.24, 2.45) is 0 Å². The molecule has 0 fully saturated rings. The van der Waals surface area contributed by atoms with E-state index in [-0.39, 0.29) is 24.3 Å². The van der Waals surface area contributed by atoms with Gasteiger partial charge in [-0.1, -0.05) is 42.5 Å². The van der Waals surface area contributed by atoms with Gasteiger partial charge >= 0.3 is 0 Å². The van der Waals surface area contributed by atoms with E-state index < -0.39 is 0 Å². The number of nitrogens with one attached hydrogen (secondary N) is 1. The van der Waals surface area contributed by atoms with Crippen LogP contribution in [0.1, 0.15) is 16.2 Å². The van der Waals surface area contributed by atoms with E-state index in [2.05, 4.69) is 32.5 Å². The van der Waals surface area contributed by atoms with Gasteiger partial charge in [0.05, 0.1) is 0 Å². The third-order valence-corrected chi connectivity index (χ3v) is 4.22. The smallest absolute Gasteiger partial charge is 0.278 e. The van der Waals surface area contributed by atoms with E-state index >= 15 is 0 Å². The Morgan fingerprint density at radius 1 is 1.00 bits per heavy atom. The summed E-state index contributed by atoms with van der Waals surface area (Å²) in [5.74, 6) is 0.597. The molecule has 0 bridgehead atoms. The molecule has 1 N–H and O–H groups in total. The van der Waals surface area contributed by atoms with Gasteiger partial charge in [0.1, 0.15) is 5.75 Å². The molecule has 144 valence electrons. The van der Waals surface area contributed by atoms with Crippen LogP contribution in [-0.4, -0.2) is 25.7 Å². The van der Waals surface area contributed by atoms with E-state index in [4.69, 9.17) is 4.74 Å². The van der Waals surface area contributed by atoms with Gasteiger partial charge in [0.25, 0.3) is 5.91 Å². The van der Waals surface area contributed by atoms with Crippen molar-refractivity contribution in [2.45, 2.75) is 13.7 Å². The van der Waals surface area contributed by atoms with Crippen LogP contribution in [-0.2, 0) is 6.73 Å². The summed E-state index contributed by atoms with van der Waals surface area (Å²) in [4.78, 5) is 20.4. The molecule has 0 unspecified atom stereocenters. The van der Waals surface area contributed by atoms with Crippen LogP contribution in [0.15, 0.2) is 79.1 Å². The quantitative estimate of drug-likeness (QED) is 0.544. The van der Waals surface area contributed by atoms with Gasteiger partial charge in [-0.25, -0.2) is 14.6 Å². The van der Waals surface area contributed by atoms with Crippen LogP contribution in [0.25, 0.3) is 11.1 Å². The minimum atomic E-state index is -0.374. The highest BCUT2D eigenvalue weighted by molar-refractivity contribution is 6.01. The molecule has 0 saturated carbocycles. The number of aromatic nitrogens is 4. The van der Waals surface area contributed by atoms with E-state index in [0.717, 1.165) is 22.6 Å². The van der Waals surface area contributed by atoms with E-state index in [0.29, 0.717) is 0 Å². The zero-order chi connectivity index (χ0) is 20.1. The van der Waals surface area contributed by atoms with Crippen molar-refractivity contribution in [2.75, 3.05) is 5.32 Å². The minimum absolute atomic E-state index is 0.193. The Morgan fingerprint density at radius 3 is 2.52 bits per heavy atom. The van der Waals surface area contributed by atoms with Gasteiger partial charge in [0.2, 0.25) is 5.95 Å². The molecular weight excluding hydrogens is 366 g/mol. The van der Waals surface area contributed by atoms with Crippen molar-refractivity contribution in [3.05, 3.63) is 90.5 Å².